The van der Waals surface area contributed by atoms with Crippen molar-refractivity contribution in [3.63, 3.8) is 0 Å². The summed E-state index contributed by atoms with van der Waals surface area (Å²) in [6.45, 7) is 0.837. The zero-order chi connectivity index (χ0) is 14.0. The lowest BCUT2D eigenvalue weighted by molar-refractivity contribution is -0.140. The molecule has 0 heterocycles. The molecule has 0 amide bonds. The second-order valence-corrected chi connectivity index (χ2v) is 4.71. The smallest absolute Gasteiger partial charge is 0.305 e. The number of hydrogen-bond donors (Lipinski definition) is 0. The molecule has 0 bridgehead atoms. The molecule has 0 aromatic rings. The van der Waals surface area contributed by atoms with Crippen molar-refractivity contribution in [2.45, 2.75) is 32.1 Å². The summed E-state index contributed by atoms with van der Waals surface area (Å²) in [4.78, 5) is 19.5. The molecule has 5 nitrogen and oxygen atoms in total. The van der Waals surface area contributed by atoms with Gasteiger partial charge in [-0.3, -0.25) is 9.79 Å². The molecule has 0 N–H and O–H groups in total. The van der Waals surface area contributed by atoms with Gasteiger partial charge in [0.15, 0.2) is 5.96 Å². The first-order valence-electron chi connectivity index (χ1n) is 6.45. The molecule has 6 heteroatoms. The first-order valence-corrected chi connectivity index (χ1v) is 6.45. The molecule has 19 heavy (non-hydrogen) atoms. The number of esters is 1. The lowest BCUT2D eigenvalue weighted by Crippen LogP contribution is -2.35. The molecule has 0 aromatic carbocycles. The molecule has 0 spiro atoms. The van der Waals surface area contributed by atoms with E-state index in [-0.39, 0.29) is 29.9 Å². The Balaban J connectivity index is 0. The van der Waals surface area contributed by atoms with Crippen LogP contribution in [0, 0.1) is 0 Å². The molecule has 0 fully saturated rings. The van der Waals surface area contributed by atoms with Gasteiger partial charge in [-0.15, -0.1) is 24.0 Å². The first-order chi connectivity index (χ1) is 8.49. The Bertz CT molecular complexity index is 259. The van der Waals surface area contributed by atoms with E-state index in [2.05, 4.69) is 9.73 Å². The molecule has 0 saturated carbocycles. The third kappa shape index (κ3) is 11.0. The molecule has 0 atom stereocenters. The fourth-order valence-electron chi connectivity index (χ4n) is 1.70. The van der Waals surface area contributed by atoms with Crippen LogP contribution >= 0.6 is 24.0 Å². The SMILES string of the molecule is COC(=O)CCCCCCN=C(N(C)C)N(C)C.I. The molecule has 0 rings (SSSR count). The highest BCUT2D eigenvalue weighted by Crippen LogP contribution is 2.04. The van der Waals surface area contributed by atoms with Gasteiger partial charge in [0.25, 0.3) is 0 Å². The Hall–Kier alpha value is -0.530. The predicted molar refractivity (Wildman–Crippen MR) is 90.2 cm³/mol. The van der Waals surface area contributed by atoms with Crippen molar-refractivity contribution in [3.8, 4) is 0 Å². The van der Waals surface area contributed by atoms with Crippen LogP contribution in [0.4, 0.5) is 0 Å². The standard InChI is InChI=1S/C13H27N3O2.HI/c1-15(2)13(16(3)4)14-11-9-7-6-8-10-12(17)18-5;/h6-11H2,1-5H3;1H. The largest absolute Gasteiger partial charge is 0.469 e. The van der Waals surface area contributed by atoms with Crippen LogP contribution in [0.2, 0.25) is 0 Å². The summed E-state index contributed by atoms with van der Waals surface area (Å²) in [7, 11) is 9.41. The first kappa shape index (κ1) is 20.8. The number of hydrogen-bond acceptors (Lipinski definition) is 3. The van der Waals surface area contributed by atoms with E-state index in [4.69, 9.17) is 0 Å². The molecule has 0 unspecified atom stereocenters. The second kappa shape index (κ2) is 12.5. The normalized spacial score (nSPS) is 9.32. The van der Waals surface area contributed by atoms with E-state index >= 15 is 0 Å². The average molecular weight is 385 g/mol. The maximum Gasteiger partial charge on any atom is 0.305 e. The predicted octanol–water partition coefficient (Wildman–Crippen LogP) is 2.21. The third-order valence-electron chi connectivity index (χ3n) is 2.57. The number of aliphatic imine (C=N–C) groups is 1. The van der Waals surface area contributed by atoms with Crippen LogP contribution in [0.15, 0.2) is 4.99 Å². The molecule has 0 radical (unpaired) electrons. The molecule has 0 aliphatic carbocycles. The van der Waals surface area contributed by atoms with Crippen LogP contribution < -0.4 is 0 Å². The van der Waals surface area contributed by atoms with Gasteiger partial charge in [0.05, 0.1) is 7.11 Å². The number of rotatable bonds is 7. The molecule has 114 valence electrons. The van der Waals surface area contributed by atoms with E-state index in [1.165, 1.54) is 7.11 Å². The van der Waals surface area contributed by atoms with E-state index in [0.717, 1.165) is 38.2 Å². The quantitative estimate of drug-likeness (QED) is 0.222. The Morgan fingerprint density at radius 1 is 1.00 bits per heavy atom. The van der Waals surface area contributed by atoms with Crippen molar-refractivity contribution in [3.05, 3.63) is 0 Å². The summed E-state index contributed by atoms with van der Waals surface area (Å²) >= 11 is 0. The van der Waals surface area contributed by atoms with E-state index in [1.807, 2.05) is 38.0 Å². The Kier molecular flexibility index (Phi) is 13.7. The number of carbonyl (C=O) groups excluding carboxylic acids is 1. The maximum absolute atomic E-state index is 10.9. The zero-order valence-electron chi connectivity index (χ0n) is 12.8. The minimum Gasteiger partial charge on any atom is -0.469 e. The Morgan fingerprint density at radius 2 is 1.53 bits per heavy atom. The van der Waals surface area contributed by atoms with Gasteiger partial charge >= 0.3 is 5.97 Å². The van der Waals surface area contributed by atoms with Crippen molar-refractivity contribution >= 4 is 35.9 Å². The molecule has 0 aliphatic rings. The third-order valence-corrected chi connectivity index (χ3v) is 2.57. The van der Waals surface area contributed by atoms with Crippen LogP contribution in [0.5, 0.6) is 0 Å². The number of nitrogens with zero attached hydrogens (tertiary/aromatic N) is 3. The number of unbranched alkanes of at least 4 members (excludes halogenated alkanes) is 3. The van der Waals surface area contributed by atoms with Gasteiger partial charge in [-0.25, -0.2) is 0 Å². The minimum absolute atomic E-state index is 0. The van der Waals surface area contributed by atoms with E-state index in [0.29, 0.717) is 6.42 Å². The molecule has 0 saturated heterocycles. The van der Waals surface area contributed by atoms with Gasteiger partial charge in [-0.2, -0.15) is 0 Å². The van der Waals surface area contributed by atoms with Crippen molar-refractivity contribution < 1.29 is 9.53 Å². The van der Waals surface area contributed by atoms with E-state index < -0.39 is 0 Å². The number of methoxy groups -OCH3 is 1. The highest BCUT2D eigenvalue weighted by molar-refractivity contribution is 14.0. The topological polar surface area (TPSA) is 45.1 Å². The molecular formula is C13H28IN3O2. The summed E-state index contributed by atoms with van der Waals surface area (Å²) in [5, 5.41) is 0. The Labute approximate surface area is 134 Å². The lowest BCUT2D eigenvalue weighted by Gasteiger charge is -2.22. The van der Waals surface area contributed by atoms with Crippen molar-refractivity contribution in [1.29, 1.82) is 0 Å². The number of ether oxygens (including phenoxy) is 1. The van der Waals surface area contributed by atoms with E-state index in [1.54, 1.807) is 0 Å². The van der Waals surface area contributed by atoms with E-state index in [9.17, 15) is 4.79 Å². The maximum atomic E-state index is 10.9. The molecule has 0 aliphatic heterocycles. The van der Waals surface area contributed by atoms with Crippen LogP contribution in [0.3, 0.4) is 0 Å². The highest BCUT2D eigenvalue weighted by Gasteiger charge is 2.03. The summed E-state index contributed by atoms with van der Waals surface area (Å²) < 4.78 is 4.59. The van der Waals surface area contributed by atoms with Gasteiger partial charge in [0.1, 0.15) is 0 Å². The van der Waals surface area contributed by atoms with Crippen LogP contribution in [0.25, 0.3) is 0 Å². The van der Waals surface area contributed by atoms with Gasteiger partial charge in [-0.05, 0) is 12.8 Å². The van der Waals surface area contributed by atoms with Crippen molar-refractivity contribution in [2.75, 3.05) is 41.8 Å². The fourth-order valence-corrected chi connectivity index (χ4v) is 1.70. The second-order valence-electron chi connectivity index (χ2n) is 4.71. The van der Waals surface area contributed by atoms with Gasteiger partial charge in [-0.1, -0.05) is 12.8 Å². The summed E-state index contributed by atoms with van der Waals surface area (Å²) in [5.74, 6) is 0.875. The molecular weight excluding hydrogens is 357 g/mol. The number of guanidine groups is 1. The highest BCUT2D eigenvalue weighted by atomic mass is 127. The molecule has 0 aromatic heterocycles. The minimum atomic E-state index is -0.115. The lowest BCUT2D eigenvalue weighted by atomic mass is 10.1. The number of halogens is 1. The number of carbonyl (C=O) groups is 1. The fraction of sp³-hybridized carbons (Fsp3) is 0.846. The monoisotopic (exact) mass is 385 g/mol. The van der Waals surface area contributed by atoms with Gasteiger partial charge in [0, 0.05) is 41.2 Å². The van der Waals surface area contributed by atoms with Crippen LogP contribution in [0.1, 0.15) is 32.1 Å². The Morgan fingerprint density at radius 3 is 2.00 bits per heavy atom. The van der Waals surface area contributed by atoms with Crippen molar-refractivity contribution in [2.24, 2.45) is 4.99 Å². The summed E-state index contributed by atoms with van der Waals surface area (Å²) in [5.41, 5.74) is 0. The average Bonchev–Trinajstić information content (AvgIpc) is 2.31. The van der Waals surface area contributed by atoms with Crippen LogP contribution in [-0.4, -0.2) is 63.6 Å². The van der Waals surface area contributed by atoms with Crippen LogP contribution in [-0.2, 0) is 9.53 Å². The van der Waals surface area contributed by atoms with Gasteiger partial charge in [0.2, 0.25) is 0 Å². The van der Waals surface area contributed by atoms with Crippen molar-refractivity contribution in [1.82, 2.24) is 9.80 Å². The summed E-state index contributed by atoms with van der Waals surface area (Å²) in [6.07, 6.45) is 4.66. The van der Waals surface area contributed by atoms with Gasteiger partial charge < -0.3 is 14.5 Å². The summed E-state index contributed by atoms with van der Waals surface area (Å²) in [6, 6.07) is 0. The zero-order valence-corrected chi connectivity index (χ0v) is 15.1.